The summed E-state index contributed by atoms with van der Waals surface area (Å²) in [6, 6.07) is 12.8. The Balaban J connectivity index is 1.81. The summed E-state index contributed by atoms with van der Waals surface area (Å²) in [6.07, 6.45) is 1.64. The molecule has 1 aliphatic rings. The molecular weight excluding hydrogens is 333 g/mol. The van der Waals surface area contributed by atoms with Crippen LogP contribution in [0, 0.1) is 5.82 Å². The highest BCUT2D eigenvalue weighted by atomic mass is 79.9. The summed E-state index contributed by atoms with van der Waals surface area (Å²) in [5, 5.41) is 0. The molecule has 1 heterocycles. The molecule has 0 spiro atoms. The van der Waals surface area contributed by atoms with E-state index in [9.17, 15) is 9.18 Å². The molecule has 2 nitrogen and oxygen atoms in total. The average Bonchev–Trinajstić information content (AvgIpc) is 2.69. The van der Waals surface area contributed by atoms with E-state index in [2.05, 4.69) is 28.1 Å². The van der Waals surface area contributed by atoms with Crippen LogP contribution in [0.2, 0.25) is 0 Å². The van der Waals surface area contributed by atoms with Crippen LogP contribution in [0.25, 0.3) is 0 Å². The third kappa shape index (κ3) is 3.00. The van der Waals surface area contributed by atoms with Gasteiger partial charge in [0.15, 0.2) is 0 Å². The van der Waals surface area contributed by atoms with Crippen LogP contribution in [-0.4, -0.2) is 23.9 Å². The first-order valence-corrected chi connectivity index (χ1v) is 7.75. The first kappa shape index (κ1) is 14.3. The highest BCUT2D eigenvalue weighted by Gasteiger charge is 2.21. The third-order valence-corrected chi connectivity index (χ3v) is 4.36. The lowest BCUT2D eigenvalue weighted by Gasteiger charge is -2.20. The number of fused-ring (bicyclic) bond motifs is 1. The summed E-state index contributed by atoms with van der Waals surface area (Å²) < 4.78 is 14.6. The fraction of sp³-hybridized carbons (Fsp3) is 0.235. The maximum Gasteiger partial charge on any atom is 0.256 e. The van der Waals surface area contributed by atoms with Gasteiger partial charge in [0.1, 0.15) is 5.82 Å². The van der Waals surface area contributed by atoms with Crippen molar-refractivity contribution in [1.82, 2.24) is 4.90 Å². The predicted molar refractivity (Wildman–Crippen MR) is 83.9 cm³/mol. The minimum absolute atomic E-state index is 0.143. The minimum atomic E-state index is -0.476. The molecule has 0 fully saturated rings. The van der Waals surface area contributed by atoms with Gasteiger partial charge in [-0.25, -0.2) is 4.39 Å². The minimum Gasteiger partial charge on any atom is -0.338 e. The lowest BCUT2D eigenvalue weighted by molar-refractivity contribution is 0.0758. The van der Waals surface area contributed by atoms with Crippen molar-refractivity contribution in [1.29, 1.82) is 0 Å². The summed E-state index contributed by atoms with van der Waals surface area (Å²) in [7, 11) is 0. The number of hydrogen-bond acceptors (Lipinski definition) is 1. The Bertz CT molecular complexity index is 659. The van der Waals surface area contributed by atoms with E-state index in [-0.39, 0.29) is 11.5 Å². The molecule has 0 unspecified atom stereocenters. The number of halogens is 2. The first-order chi connectivity index (χ1) is 10.1. The van der Waals surface area contributed by atoms with Crippen molar-refractivity contribution in [3.8, 4) is 0 Å². The van der Waals surface area contributed by atoms with Gasteiger partial charge in [0.05, 0.1) is 5.56 Å². The molecule has 0 N–H and O–H groups in total. The molecular formula is C17H15BrFNO. The number of rotatable bonds is 1. The fourth-order valence-electron chi connectivity index (χ4n) is 2.70. The van der Waals surface area contributed by atoms with Crippen LogP contribution in [0.15, 0.2) is 46.9 Å². The summed E-state index contributed by atoms with van der Waals surface area (Å²) >= 11 is 3.21. The van der Waals surface area contributed by atoms with Crippen LogP contribution in [0.3, 0.4) is 0 Å². The molecule has 108 valence electrons. The zero-order valence-corrected chi connectivity index (χ0v) is 13.1. The Morgan fingerprint density at radius 1 is 1.05 bits per heavy atom. The molecule has 0 bridgehead atoms. The Labute approximate surface area is 131 Å². The molecule has 1 aliphatic heterocycles. The van der Waals surface area contributed by atoms with Crippen molar-refractivity contribution in [2.45, 2.75) is 12.8 Å². The van der Waals surface area contributed by atoms with Crippen LogP contribution in [0.4, 0.5) is 4.39 Å². The van der Waals surface area contributed by atoms with Gasteiger partial charge in [-0.3, -0.25) is 4.79 Å². The summed E-state index contributed by atoms with van der Waals surface area (Å²) in [5.41, 5.74) is 2.71. The van der Waals surface area contributed by atoms with Crippen molar-refractivity contribution in [3.63, 3.8) is 0 Å². The summed E-state index contributed by atoms with van der Waals surface area (Å²) in [4.78, 5) is 14.2. The van der Waals surface area contributed by atoms with E-state index in [0.717, 1.165) is 12.8 Å². The second-order valence-electron chi connectivity index (χ2n) is 5.19. The first-order valence-electron chi connectivity index (χ1n) is 6.96. The molecule has 3 rings (SSSR count). The zero-order chi connectivity index (χ0) is 14.8. The van der Waals surface area contributed by atoms with E-state index in [1.807, 2.05) is 12.1 Å². The van der Waals surface area contributed by atoms with E-state index in [4.69, 9.17) is 0 Å². The highest BCUT2D eigenvalue weighted by Crippen LogP contribution is 2.20. The van der Waals surface area contributed by atoms with E-state index >= 15 is 0 Å². The van der Waals surface area contributed by atoms with Crippen LogP contribution >= 0.6 is 15.9 Å². The average molecular weight is 348 g/mol. The second kappa shape index (κ2) is 5.98. The van der Waals surface area contributed by atoms with Gasteiger partial charge in [-0.15, -0.1) is 0 Å². The third-order valence-electron chi connectivity index (χ3n) is 3.87. The second-order valence-corrected chi connectivity index (χ2v) is 6.10. The van der Waals surface area contributed by atoms with Crippen LogP contribution in [0.5, 0.6) is 0 Å². The van der Waals surface area contributed by atoms with Gasteiger partial charge in [-0.2, -0.15) is 0 Å². The Morgan fingerprint density at radius 2 is 1.67 bits per heavy atom. The molecule has 2 aromatic carbocycles. The summed E-state index contributed by atoms with van der Waals surface area (Å²) in [5.74, 6) is -0.705. The number of hydrogen-bond donors (Lipinski definition) is 0. The quantitative estimate of drug-likeness (QED) is 0.767. The summed E-state index contributed by atoms with van der Waals surface area (Å²) in [6.45, 7) is 1.26. The SMILES string of the molecule is O=C(c1ccc(Br)cc1F)N1CCc2ccccc2CC1. The maximum atomic E-state index is 13.9. The number of benzene rings is 2. The molecule has 0 saturated carbocycles. The standard InChI is InChI=1S/C17H15BrFNO/c18-14-5-6-15(16(19)11-14)17(21)20-9-7-12-3-1-2-4-13(12)8-10-20/h1-6,11H,7-10H2. The number of carbonyl (C=O) groups excluding carboxylic acids is 1. The zero-order valence-electron chi connectivity index (χ0n) is 11.5. The van der Waals surface area contributed by atoms with Gasteiger partial charge in [-0.1, -0.05) is 40.2 Å². The van der Waals surface area contributed by atoms with E-state index < -0.39 is 5.82 Å². The molecule has 0 saturated heterocycles. The van der Waals surface area contributed by atoms with Crippen molar-refractivity contribution in [3.05, 3.63) is 69.4 Å². The van der Waals surface area contributed by atoms with E-state index in [1.54, 1.807) is 17.0 Å². The highest BCUT2D eigenvalue weighted by molar-refractivity contribution is 9.10. The van der Waals surface area contributed by atoms with Crippen LogP contribution in [0.1, 0.15) is 21.5 Å². The van der Waals surface area contributed by atoms with Crippen LogP contribution < -0.4 is 0 Å². The molecule has 0 aromatic heterocycles. The molecule has 0 radical (unpaired) electrons. The van der Waals surface area contributed by atoms with Gasteiger partial charge in [0.25, 0.3) is 5.91 Å². The van der Waals surface area contributed by atoms with Gasteiger partial charge in [0.2, 0.25) is 0 Å². The molecule has 0 atom stereocenters. The van der Waals surface area contributed by atoms with Crippen molar-refractivity contribution >= 4 is 21.8 Å². The maximum absolute atomic E-state index is 13.9. The van der Waals surface area contributed by atoms with Gasteiger partial charge >= 0.3 is 0 Å². The van der Waals surface area contributed by atoms with Crippen molar-refractivity contribution < 1.29 is 9.18 Å². The number of carbonyl (C=O) groups is 1. The lowest BCUT2D eigenvalue weighted by Crippen LogP contribution is -2.33. The normalized spacial score (nSPS) is 14.5. The van der Waals surface area contributed by atoms with Gasteiger partial charge < -0.3 is 4.90 Å². The van der Waals surface area contributed by atoms with Crippen molar-refractivity contribution in [2.24, 2.45) is 0 Å². The molecule has 21 heavy (non-hydrogen) atoms. The Kier molecular flexibility index (Phi) is 4.06. The molecule has 0 aliphatic carbocycles. The van der Waals surface area contributed by atoms with Crippen molar-refractivity contribution in [2.75, 3.05) is 13.1 Å². The molecule has 4 heteroatoms. The smallest absolute Gasteiger partial charge is 0.256 e. The molecule has 1 amide bonds. The van der Waals surface area contributed by atoms with Gasteiger partial charge in [-0.05, 0) is 42.2 Å². The lowest BCUT2D eigenvalue weighted by atomic mass is 10.0. The number of nitrogens with zero attached hydrogens (tertiary/aromatic N) is 1. The van der Waals surface area contributed by atoms with E-state index in [1.165, 1.54) is 17.2 Å². The van der Waals surface area contributed by atoms with E-state index in [0.29, 0.717) is 17.6 Å². The van der Waals surface area contributed by atoms with Crippen LogP contribution in [-0.2, 0) is 12.8 Å². The number of amides is 1. The Hall–Kier alpha value is -1.68. The molecule has 2 aromatic rings. The van der Waals surface area contributed by atoms with Gasteiger partial charge in [0, 0.05) is 17.6 Å². The Morgan fingerprint density at radius 3 is 2.24 bits per heavy atom. The fourth-order valence-corrected chi connectivity index (χ4v) is 3.04. The predicted octanol–water partition coefficient (Wildman–Crippen LogP) is 3.83. The monoisotopic (exact) mass is 347 g/mol. The largest absolute Gasteiger partial charge is 0.338 e. The topological polar surface area (TPSA) is 20.3 Å².